The van der Waals surface area contributed by atoms with Gasteiger partial charge in [0.2, 0.25) is 0 Å². The maximum absolute atomic E-state index is 13.8. The van der Waals surface area contributed by atoms with Crippen molar-refractivity contribution in [3.05, 3.63) is 53.8 Å². The van der Waals surface area contributed by atoms with Crippen LogP contribution >= 0.6 is 0 Å². The molecule has 2 aromatic rings. The number of ketones is 1. The Labute approximate surface area is 164 Å². The Morgan fingerprint density at radius 2 is 1.71 bits per heavy atom. The van der Waals surface area contributed by atoms with Crippen LogP contribution in [0.15, 0.2) is 42.5 Å². The molecule has 28 heavy (non-hydrogen) atoms. The summed E-state index contributed by atoms with van der Waals surface area (Å²) >= 11 is 0. The number of hydrogen-bond acceptors (Lipinski definition) is 4. The second kappa shape index (κ2) is 9.35. The first kappa shape index (κ1) is 19.9. The number of hydrogen-bond donors (Lipinski definition) is 1. The van der Waals surface area contributed by atoms with Gasteiger partial charge in [-0.15, -0.1) is 0 Å². The number of nitrogens with zero attached hydrogens (tertiary/aromatic N) is 1. The first-order valence-corrected chi connectivity index (χ1v) is 9.61. The monoisotopic (exact) mass is 384 g/mol. The number of benzene rings is 2. The molecule has 0 atom stereocenters. The minimum atomic E-state index is -0.658. The Bertz CT molecular complexity index is 828. The lowest BCUT2D eigenvalue weighted by molar-refractivity contribution is -0.118. The van der Waals surface area contributed by atoms with Crippen molar-refractivity contribution < 1.29 is 18.7 Å². The molecule has 3 rings (SSSR count). The molecular weight excluding hydrogens is 359 g/mol. The largest absolute Gasteiger partial charge is 0.484 e. The van der Waals surface area contributed by atoms with Crippen LogP contribution in [0.25, 0.3) is 0 Å². The second-order valence-electron chi connectivity index (χ2n) is 6.98. The van der Waals surface area contributed by atoms with Gasteiger partial charge in [0.15, 0.2) is 12.4 Å². The molecule has 0 bridgehead atoms. The zero-order valence-electron chi connectivity index (χ0n) is 16.0. The summed E-state index contributed by atoms with van der Waals surface area (Å²) in [6.45, 7) is 3.19. The minimum Gasteiger partial charge on any atom is -0.484 e. The number of amides is 1. The zero-order valence-corrected chi connectivity index (χ0v) is 16.0. The van der Waals surface area contributed by atoms with E-state index in [0.29, 0.717) is 5.69 Å². The highest BCUT2D eigenvalue weighted by Gasteiger charge is 2.11. The van der Waals surface area contributed by atoms with Crippen LogP contribution in [0, 0.1) is 5.82 Å². The first-order chi connectivity index (χ1) is 13.5. The summed E-state index contributed by atoms with van der Waals surface area (Å²) in [7, 11) is 0. The van der Waals surface area contributed by atoms with E-state index in [4.69, 9.17) is 4.74 Å². The van der Waals surface area contributed by atoms with Gasteiger partial charge in [0, 0.05) is 30.5 Å². The van der Waals surface area contributed by atoms with Crippen molar-refractivity contribution >= 4 is 23.1 Å². The van der Waals surface area contributed by atoms with E-state index in [-0.39, 0.29) is 29.6 Å². The van der Waals surface area contributed by atoms with E-state index in [2.05, 4.69) is 10.2 Å². The van der Waals surface area contributed by atoms with Crippen LogP contribution in [0.3, 0.4) is 0 Å². The van der Waals surface area contributed by atoms with Crippen molar-refractivity contribution in [2.75, 3.05) is 29.9 Å². The van der Waals surface area contributed by atoms with E-state index in [0.717, 1.165) is 24.8 Å². The molecule has 1 N–H and O–H groups in total. The molecule has 1 heterocycles. The summed E-state index contributed by atoms with van der Waals surface area (Å²) in [5.41, 5.74) is 1.85. The average molecular weight is 384 g/mol. The van der Waals surface area contributed by atoms with E-state index in [1.54, 1.807) is 0 Å². The van der Waals surface area contributed by atoms with E-state index < -0.39 is 5.82 Å². The molecule has 1 aliphatic rings. The normalized spacial score (nSPS) is 14.3. The van der Waals surface area contributed by atoms with Gasteiger partial charge < -0.3 is 15.0 Å². The standard InChI is InChI=1S/C22H25FN2O3/c1-16(26)20-11-10-19(14-21(20)23)28-15-22(27)24-17-6-8-18(9-7-17)25-12-4-2-3-5-13-25/h6-11,14H,2-5,12-13,15H2,1H3,(H,24,27). The van der Waals surface area contributed by atoms with Gasteiger partial charge in [-0.1, -0.05) is 12.8 Å². The number of anilines is 2. The fourth-order valence-electron chi connectivity index (χ4n) is 3.30. The molecule has 1 amide bonds. The van der Waals surface area contributed by atoms with Crippen LogP contribution in [-0.4, -0.2) is 31.4 Å². The van der Waals surface area contributed by atoms with Gasteiger partial charge in [0.25, 0.3) is 5.91 Å². The predicted octanol–water partition coefficient (Wildman–Crippen LogP) is 4.43. The first-order valence-electron chi connectivity index (χ1n) is 9.61. The smallest absolute Gasteiger partial charge is 0.262 e. The maximum atomic E-state index is 13.8. The topological polar surface area (TPSA) is 58.6 Å². The third-order valence-corrected chi connectivity index (χ3v) is 4.81. The van der Waals surface area contributed by atoms with Gasteiger partial charge in [0.1, 0.15) is 11.6 Å². The number of halogens is 1. The van der Waals surface area contributed by atoms with Crippen molar-refractivity contribution in [2.45, 2.75) is 32.6 Å². The number of ether oxygens (including phenoxy) is 1. The Balaban J connectivity index is 1.52. The second-order valence-corrected chi connectivity index (χ2v) is 6.98. The Kier molecular flexibility index (Phi) is 6.63. The molecule has 1 saturated heterocycles. The quantitative estimate of drug-likeness (QED) is 0.749. The van der Waals surface area contributed by atoms with Crippen molar-refractivity contribution in [1.82, 2.24) is 0 Å². The van der Waals surface area contributed by atoms with Crippen LogP contribution in [-0.2, 0) is 4.79 Å². The van der Waals surface area contributed by atoms with Gasteiger partial charge in [-0.2, -0.15) is 0 Å². The van der Waals surface area contributed by atoms with Crippen LogP contribution in [0.2, 0.25) is 0 Å². The molecule has 5 nitrogen and oxygen atoms in total. The molecule has 0 spiro atoms. The molecule has 0 aromatic heterocycles. The highest BCUT2D eigenvalue weighted by molar-refractivity contribution is 5.94. The summed E-state index contributed by atoms with van der Waals surface area (Å²) < 4.78 is 19.1. The highest BCUT2D eigenvalue weighted by Crippen LogP contribution is 2.22. The fraction of sp³-hybridized carbons (Fsp3) is 0.364. The molecule has 148 valence electrons. The molecule has 6 heteroatoms. The average Bonchev–Trinajstić information content (AvgIpc) is 2.96. The number of rotatable bonds is 6. The summed E-state index contributed by atoms with van der Waals surface area (Å²) in [5.74, 6) is -1.15. The van der Waals surface area contributed by atoms with Crippen molar-refractivity contribution in [1.29, 1.82) is 0 Å². The fourth-order valence-corrected chi connectivity index (χ4v) is 3.30. The lowest BCUT2D eigenvalue weighted by Crippen LogP contribution is -2.24. The van der Waals surface area contributed by atoms with E-state index in [9.17, 15) is 14.0 Å². The van der Waals surface area contributed by atoms with E-state index >= 15 is 0 Å². The van der Waals surface area contributed by atoms with Gasteiger partial charge in [-0.25, -0.2) is 4.39 Å². The molecule has 0 radical (unpaired) electrons. The third-order valence-electron chi connectivity index (χ3n) is 4.81. The Hall–Kier alpha value is -2.89. The van der Waals surface area contributed by atoms with E-state index in [1.807, 2.05) is 24.3 Å². The SMILES string of the molecule is CC(=O)c1ccc(OCC(=O)Nc2ccc(N3CCCCCC3)cc2)cc1F. The van der Waals surface area contributed by atoms with Gasteiger partial charge in [0.05, 0.1) is 5.56 Å². The number of nitrogens with one attached hydrogen (secondary N) is 1. The van der Waals surface area contributed by atoms with Crippen LogP contribution in [0.1, 0.15) is 43.0 Å². The highest BCUT2D eigenvalue weighted by atomic mass is 19.1. The molecule has 0 saturated carbocycles. The molecule has 1 aliphatic heterocycles. The van der Waals surface area contributed by atoms with Crippen LogP contribution in [0.4, 0.5) is 15.8 Å². The number of carbonyl (C=O) groups excluding carboxylic acids is 2. The molecule has 0 aliphatic carbocycles. The molecular formula is C22H25FN2O3. The van der Waals surface area contributed by atoms with Gasteiger partial charge in [-0.3, -0.25) is 9.59 Å². The third kappa shape index (κ3) is 5.31. The number of Topliss-reactive ketones (excluding diaryl/α,β-unsaturated/α-hetero) is 1. The summed E-state index contributed by atoms with van der Waals surface area (Å²) in [4.78, 5) is 25.7. The minimum absolute atomic E-state index is 0.00120. The maximum Gasteiger partial charge on any atom is 0.262 e. The predicted molar refractivity (Wildman–Crippen MR) is 108 cm³/mol. The Morgan fingerprint density at radius 1 is 1.04 bits per heavy atom. The summed E-state index contributed by atoms with van der Waals surface area (Å²) in [6.07, 6.45) is 4.99. The summed E-state index contributed by atoms with van der Waals surface area (Å²) in [5, 5.41) is 2.77. The molecule has 1 fully saturated rings. The molecule has 2 aromatic carbocycles. The number of carbonyl (C=O) groups is 2. The van der Waals surface area contributed by atoms with Crippen LogP contribution < -0.4 is 15.0 Å². The summed E-state index contributed by atoms with van der Waals surface area (Å²) in [6, 6.07) is 11.7. The van der Waals surface area contributed by atoms with Crippen LogP contribution in [0.5, 0.6) is 5.75 Å². The lowest BCUT2D eigenvalue weighted by atomic mass is 10.1. The van der Waals surface area contributed by atoms with Gasteiger partial charge >= 0.3 is 0 Å². The lowest BCUT2D eigenvalue weighted by Gasteiger charge is -2.22. The van der Waals surface area contributed by atoms with Crippen molar-refractivity contribution in [3.8, 4) is 5.75 Å². The molecule has 0 unspecified atom stereocenters. The van der Waals surface area contributed by atoms with Crippen molar-refractivity contribution in [2.24, 2.45) is 0 Å². The van der Waals surface area contributed by atoms with Crippen molar-refractivity contribution in [3.63, 3.8) is 0 Å². The van der Waals surface area contributed by atoms with E-state index in [1.165, 1.54) is 44.7 Å². The Morgan fingerprint density at radius 3 is 2.32 bits per heavy atom. The zero-order chi connectivity index (χ0) is 19.9. The van der Waals surface area contributed by atoms with Gasteiger partial charge in [-0.05, 0) is 56.2 Å².